The van der Waals surface area contributed by atoms with E-state index in [1.54, 1.807) is 19.3 Å². The third-order valence-electron chi connectivity index (χ3n) is 3.00. The minimum absolute atomic E-state index is 0.111. The summed E-state index contributed by atoms with van der Waals surface area (Å²) in [6.45, 7) is 0.313. The summed E-state index contributed by atoms with van der Waals surface area (Å²) >= 11 is 1.52. The highest BCUT2D eigenvalue weighted by Gasteiger charge is 2.12. The van der Waals surface area contributed by atoms with Gasteiger partial charge in [0.2, 0.25) is 0 Å². The lowest BCUT2D eigenvalue weighted by Crippen LogP contribution is -2.32. The van der Waals surface area contributed by atoms with Crippen LogP contribution >= 0.6 is 11.3 Å². The van der Waals surface area contributed by atoms with Crippen LogP contribution in [0.15, 0.2) is 40.0 Å². The predicted molar refractivity (Wildman–Crippen MR) is 77.9 cm³/mol. The molecule has 2 aromatic heterocycles. The maximum Gasteiger partial charge on any atom is 0.263 e. The minimum atomic E-state index is -0.597. The highest BCUT2D eigenvalue weighted by molar-refractivity contribution is 7.07. The summed E-state index contributed by atoms with van der Waals surface area (Å²) in [5, 5.41) is 16.3. The number of amides is 1. The Morgan fingerprint density at radius 3 is 3.00 bits per heavy atom. The second-order valence-electron chi connectivity index (χ2n) is 4.45. The van der Waals surface area contributed by atoms with Crippen LogP contribution in [0.2, 0.25) is 0 Å². The predicted octanol–water partition coefficient (Wildman–Crippen LogP) is 1.30. The summed E-state index contributed by atoms with van der Waals surface area (Å²) in [6.07, 6.45) is 1.41. The number of carbonyl (C=O) groups excluding carboxylic acids is 1. The Kier molecular flexibility index (Phi) is 4.70. The lowest BCUT2D eigenvalue weighted by molar-refractivity contribution is 0.0940. The molecule has 1 amide bonds. The number of carbonyl (C=O) groups is 1. The topological polar surface area (TPSA) is 71.3 Å². The van der Waals surface area contributed by atoms with Gasteiger partial charge in [0, 0.05) is 19.8 Å². The molecule has 0 aliphatic rings. The van der Waals surface area contributed by atoms with Crippen LogP contribution < -0.4 is 10.9 Å². The Hall–Kier alpha value is -1.92. The van der Waals surface area contributed by atoms with E-state index in [9.17, 15) is 14.7 Å². The van der Waals surface area contributed by atoms with Gasteiger partial charge in [0.15, 0.2) is 0 Å². The molecular formula is C14H16N2O3S. The maximum absolute atomic E-state index is 11.9. The van der Waals surface area contributed by atoms with Crippen molar-refractivity contribution in [2.45, 2.75) is 12.5 Å². The van der Waals surface area contributed by atoms with Crippen molar-refractivity contribution in [1.82, 2.24) is 9.88 Å². The molecule has 0 radical (unpaired) electrons. The van der Waals surface area contributed by atoms with Gasteiger partial charge in [-0.3, -0.25) is 9.59 Å². The SMILES string of the molecule is Cn1cccc(C(=O)NCC[C@@H](O)c2ccsc2)c1=O. The molecule has 0 spiro atoms. The zero-order valence-electron chi connectivity index (χ0n) is 11.1. The van der Waals surface area contributed by atoms with Gasteiger partial charge in [0.1, 0.15) is 5.56 Å². The van der Waals surface area contributed by atoms with Crippen molar-refractivity contribution in [3.05, 3.63) is 56.6 Å². The van der Waals surface area contributed by atoms with Crippen LogP contribution in [0.3, 0.4) is 0 Å². The summed E-state index contributed by atoms with van der Waals surface area (Å²) in [6, 6.07) is 4.99. The third kappa shape index (κ3) is 3.34. The monoisotopic (exact) mass is 292 g/mol. The Balaban J connectivity index is 1.90. The fourth-order valence-electron chi connectivity index (χ4n) is 1.82. The number of nitrogens with zero attached hydrogens (tertiary/aromatic N) is 1. The van der Waals surface area contributed by atoms with E-state index in [1.807, 2.05) is 16.8 Å². The first-order valence-corrected chi connectivity index (χ1v) is 7.18. The Bertz CT molecular complexity index is 634. The molecule has 0 aliphatic carbocycles. The van der Waals surface area contributed by atoms with E-state index in [-0.39, 0.29) is 11.1 Å². The molecule has 2 N–H and O–H groups in total. The highest BCUT2D eigenvalue weighted by atomic mass is 32.1. The van der Waals surface area contributed by atoms with Crippen LogP contribution in [0.25, 0.3) is 0 Å². The average molecular weight is 292 g/mol. The van der Waals surface area contributed by atoms with Crippen LogP contribution in [0, 0.1) is 0 Å². The van der Waals surface area contributed by atoms with E-state index in [1.165, 1.54) is 22.0 Å². The van der Waals surface area contributed by atoms with Crippen LogP contribution in [-0.4, -0.2) is 22.1 Å². The second-order valence-corrected chi connectivity index (χ2v) is 5.24. The van der Waals surface area contributed by atoms with E-state index >= 15 is 0 Å². The van der Waals surface area contributed by atoms with E-state index in [0.717, 1.165) is 5.56 Å². The quantitative estimate of drug-likeness (QED) is 0.872. The molecule has 106 valence electrons. The van der Waals surface area contributed by atoms with E-state index in [2.05, 4.69) is 5.32 Å². The summed E-state index contributed by atoms with van der Waals surface area (Å²) < 4.78 is 1.36. The fourth-order valence-corrected chi connectivity index (χ4v) is 2.53. The van der Waals surface area contributed by atoms with Gasteiger partial charge in [-0.05, 0) is 40.9 Å². The Morgan fingerprint density at radius 1 is 1.50 bits per heavy atom. The van der Waals surface area contributed by atoms with Crippen molar-refractivity contribution in [1.29, 1.82) is 0 Å². The van der Waals surface area contributed by atoms with Crippen molar-refractivity contribution in [3.8, 4) is 0 Å². The van der Waals surface area contributed by atoms with Crippen LogP contribution in [-0.2, 0) is 7.05 Å². The molecule has 2 rings (SSSR count). The van der Waals surface area contributed by atoms with Crippen LogP contribution in [0.1, 0.15) is 28.4 Å². The molecule has 6 heteroatoms. The number of hydrogen-bond donors (Lipinski definition) is 2. The number of aromatic nitrogens is 1. The van der Waals surface area contributed by atoms with Gasteiger partial charge in [-0.2, -0.15) is 11.3 Å². The number of aliphatic hydroxyl groups is 1. The summed E-state index contributed by atoms with van der Waals surface area (Å²) in [7, 11) is 1.60. The molecule has 0 unspecified atom stereocenters. The van der Waals surface area contributed by atoms with Gasteiger partial charge in [-0.1, -0.05) is 0 Å². The summed E-state index contributed by atoms with van der Waals surface area (Å²) in [4.78, 5) is 23.6. The standard InChI is InChI=1S/C14H16N2O3S/c1-16-7-2-3-11(14(16)19)13(18)15-6-4-12(17)10-5-8-20-9-10/h2-3,5,7-9,12,17H,4,6H2,1H3,(H,15,18)/t12-/m1/s1. The molecule has 0 saturated carbocycles. The molecule has 0 fully saturated rings. The molecule has 0 saturated heterocycles. The molecule has 2 heterocycles. The largest absolute Gasteiger partial charge is 0.388 e. The number of aliphatic hydroxyl groups excluding tert-OH is 1. The molecule has 0 bridgehead atoms. The number of thiophene rings is 1. The van der Waals surface area contributed by atoms with Crippen molar-refractivity contribution in [3.63, 3.8) is 0 Å². The lowest BCUT2D eigenvalue weighted by atomic mass is 10.1. The van der Waals surface area contributed by atoms with Gasteiger partial charge >= 0.3 is 0 Å². The molecule has 0 aromatic carbocycles. The normalized spacial score (nSPS) is 12.1. The van der Waals surface area contributed by atoms with Crippen molar-refractivity contribution in [2.24, 2.45) is 7.05 Å². The average Bonchev–Trinajstić information content (AvgIpc) is 2.95. The first kappa shape index (κ1) is 14.5. The molecule has 2 aromatic rings. The molecule has 20 heavy (non-hydrogen) atoms. The van der Waals surface area contributed by atoms with E-state index in [0.29, 0.717) is 13.0 Å². The molecule has 0 aliphatic heterocycles. The van der Waals surface area contributed by atoms with Gasteiger partial charge in [0.05, 0.1) is 6.10 Å². The number of hydrogen-bond acceptors (Lipinski definition) is 4. The van der Waals surface area contributed by atoms with Gasteiger partial charge < -0.3 is 15.0 Å². The number of aryl methyl sites for hydroxylation is 1. The second kappa shape index (κ2) is 6.49. The number of pyridine rings is 1. The molecule has 5 nitrogen and oxygen atoms in total. The first-order chi connectivity index (χ1) is 9.59. The van der Waals surface area contributed by atoms with E-state index in [4.69, 9.17) is 0 Å². The van der Waals surface area contributed by atoms with Crippen LogP contribution in [0.5, 0.6) is 0 Å². The lowest BCUT2D eigenvalue weighted by Gasteiger charge is -2.10. The Labute approximate surface area is 120 Å². The molecular weight excluding hydrogens is 276 g/mol. The summed E-state index contributed by atoms with van der Waals surface area (Å²) in [5.74, 6) is -0.413. The van der Waals surface area contributed by atoms with Gasteiger partial charge in [-0.25, -0.2) is 0 Å². The smallest absolute Gasteiger partial charge is 0.263 e. The zero-order chi connectivity index (χ0) is 14.5. The van der Waals surface area contributed by atoms with Crippen molar-refractivity contribution < 1.29 is 9.90 Å². The van der Waals surface area contributed by atoms with Gasteiger partial charge in [-0.15, -0.1) is 0 Å². The molecule has 1 atom stereocenters. The summed E-state index contributed by atoms with van der Waals surface area (Å²) in [5.41, 5.74) is 0.628. The number of nitrogens with one attached hydrogen (secondary N) is 1. The van der Waals surface area contributed by atoms with E-state index < -0.39 is 12.0 Å². The third-order valence-corrected chi connectivity index (χ3v) is 3.70. The first-order valence-electron chi connectivity index (χ1n) is 6.23. The maximum atomic E-state index is 11.9. The fraction of sp³-hybridized carbons (Fsp3) is 0.286. The van der Waals surface area contributed by atoms with Gasteiger partial charge in [0.25, 0.3) is 11.5 Å². The van der Waals surface area contributed by atoms with Crippen molar-refractivity contribution >= 4 is 17.2 Å². The van der Waals surface area contributed by atoms with Crippen molar-refractivity contribution in [2.75, 3.05) is 6.54 Å². The zero-order valence-corrected chi connectivity index (χ0v) is 11.9. The van der Waals surface area contributed by atoms with Crippen LogP contribution in [0.4, 0.5) is 0 Å². The number of rotatable bonds is 5. The highest BCUT2D eigenvalue weighted by Crippen LogP contribution is 2.18. The minimum Gasteiger partial charge on any atom is -0.388 e. The Morgan fingerprint density at radius 2 is 2.30 bits per heavy atom.